The first kappa shape index (κ1) is 23.0. The summed E-state index contributed by atoms with van der Waals surface area (Å²) in [5.41, 5.74) is 2.42. The molecule has 2 aromatic heterocycles. The van der Waals surface area contributed by atoms with E-state index in [2.05, 4.69) is 16.0 Å². The predicted octanol–water partition coefficient (Wildman–Crippen LogP) is 4.25. The number of furan rings is 1. The van der Waals surface area contributed by atoms with Crippen molar-refractivity contribution in [2.24, 2.45) is 0 Å². The minimum Gasteiger partial charge on any atom is -0.459 e. The molecular formula is C26H23N3O4S. The van der Waals surface area contributed by atoms with Gasteiger partial charge in [-0.1, -0.05) is 48.5 Å². The molecule has 4 rings (SSSR count). The number of carbonyl (C=O) groups excluding carboxylic acids is 3. The molecule has 4 aromatic rings. The molecule has 0 bridgehead atoms. The third kappa shape index (κ3) is 6.20. The van der Waals surface area contributed by atoms with Gasteiger partial charge in [0.15, 0.2) is 5.76 Å². The average Bonchev–Trinajstić information content (AvgIpc) is 3.58. The molecule has 1 unspecified atom stereocenters. The third-order valence-electron chi connectivity index (χ3n) is 5.07. The van der Waals surface area contributed by atoms with E-state index in [4.69, 9.17) is 4.42 Å². The van der Waals surface area contributed by atoms with Gasteiger partial charge in [-0.2, -0.15) is 0 Å². The van der Waals surface area contributed by atoms with Crippen molar-refractivity contribution in [3.63, 3.8) is 0 Å². The van der Waals surface area contributed by atoms with Crippen LogP contribution in [0.1, 0.15) is 31.4 Å². The number of thiophene rings is 1. The second-order valence-electron chi connectivity index (χ2n) is 7.54. The number of nitrogens with one attached hydrogen (secondary N) is 3. The van der Waals surface area contributed by atoms with Crippen LogP contribution in [0.2, 0.25) is 0 Å². The van der Waals surface area contributed by atoms with E-state index in [-0.39, 0.29) is 30.0 Å². The number of amides is 3. The largest absolute Gasteiger partial charge is 0.459 e. The minimum absolute atomic E-state index is 0.227. The van der Waals surface area contributed by atoms with Crippen LogP contribution < -0.4 is 16.0 Å². The zero-order chi connectivity index (χ0) is 23.8. The summed E-state index contributed by atoms with van der Waals surface area (Å²) in [7, 11) is 0. The Hall–Kier alpha value is -4.17. The Labute approximate surface area is 200 Å². The van der Waals surface area contributed by atoms with Crippen LogP contribution in [-0.2, 0) is 17.8 Å². The van der Waals surface area contributed by atoms with Gasteiger partial charge in [0.1, 0.15) is 6.04 Å². The maximum absolute atomic E-state index is 13.0. The van der Waals surface area contributed by atoms with Crippen LogP contribution in [0.25, 0.3) is 0 Å². The Morgan fingerprint density at radius 1 is 0.824 bits per heavy atom. The highest BCUT2D eigenvalue weighted by atomic mass is 32.1. The van der Waals surface area contributed by atoms with Crippen molar-refractivity contribution in [3.05, 3.63) is 112 Å². The molecule has 2 aromatic carbocycles. The lowest BCUT2D eigenvalue weighted by molar-refractivity contribution is -0.123. The summed E-state index contributed by atoms with van der Waals surface area (Å²) in [4.78, 5) is 38.2. The lowest BCUT2D eigenvalue weighted by Crippen LogP contribution is -2.47. The minimum atomic E-state index is -0.719. The first-order valence-corrected chi connectivity index (χ1v) is 11.6. The van der Waals surface area contributed by atoms with Crippen molar-refractivity contribution in [2.45, 2.75) is 19.0 Å². The number of hydrogen-bond acceptors (Lipinski definition) is 5. The van der Waals surface area contributed by atoms with Crippen LogP contribution in [0, 0.1) is 0 Å². The van der Waals surface area contributed by atoms with E-state index < -0.39 is 6.04 Å². The maximum atomic E-state index is 13.0. The molecule has 172 valence electrons. The fraction of sp³-hybridized carbons (Fsp3) is 0.115. The topological polar surface area (TPSA) is 100 Å². The second-order valence-corrected chi connectivity index (χ2v) is 8.49. The van der Waals surface area contributed by atoms with E-state index in [1.165, 1.54) is 17.6 Å². The Kier molecular flexibility index (Phi) is 7.52. The molecule has 34 heavy (non-hydrogen) atoms. The van der Waals surface area contributed by atoms with Gasteiger partial charge >= 0.3 is 0 Å². The van der Waals surface area contributed by atoms with E-state index in [1.54, 1.807) is 36.4 Å². The number of benzene rings is 2. The van der Waals surface area contributed by atoms with Gasteiger partial charge < -0.3 is 20.4 Å². The fourth-order valence-corrected chi connectivity index (χ4v) is 3.94. The molecule has 8 heteroatoms. The van der Waals surface area contributed by atoms with Gasteiger partial charge in [0.25, 0.3) is 11.8 Å². The molecule has 0 spiro atoms. The molecule has 3 N–H and O–H groups in total. The molecule has 7 nitrogen and oxygen atoms in total. The van der Waals surface area contributed by atoms with Crippen molar-refractivity contribution in [1.82, 2.24) is 10.6 Å². The number of carbonyl (C=O) groups is 3. The van der Waals surface area contributed by atoms with E-state index in [9.17, 15) is 14.4 Å². The molecule has 0 fully saturated rings. The summed E-state index contributed by atoms with van der Waals surface area (Å²) in [6.45, 7) is 0.283. The van der Waals surface area contributed by atoms with Gasteiger partial charge in [0.2, 0.25) is 5.91 Å². The molecule has 0 aliphatic heterocycles. The Morgan fingerprint density at radius 2 is 1.62 bits per heavy atom. The summed E-state index contributed by atoms with van der Waals surface area (Å²) in [5.74, 6) is -0.659. The normalized spacial score (nSPS) is 11.4. The fourth-order valence-electron chi connectivity index (χ4n) is 3.31. The van der Waals surface area contributed by atoms with Crippen molar-refractivity contribution >= 4 is 34.7 Å². The first-order chi connectivity index (χ1) is 16.6. The van der Waals surface area contributed by atoms with E-state index in [0.717, 1.165) is 11.1 Å². The monoisotopic (exact) mass is 473 g/mol. The molecule has 3 amide bonds. The molecular weight excluding hydrogens is 450 g/mol. The summed E-state index contributed by atoms with van der Waals surface area (Å²) < 4.78 is 5.08. The SMILES string of the molecule is O=C(Nc1ccc(CNC(=O)C(Cc2ccccc2)NC(=O)c2cccs2)cc1)c1ccco1. The van der Waals surface area contributed by atoms with Crippen molar-refractivity contribution in [1.29, 1.82) is 0 Å². The van der Waals surface area contributed by atoms with Gasteiger partial charge in [-0.05, 0) is 46.8 Å². The molecule has 0 aliphatic carbocycles. The van der Waals surface area contributed by atoms with Gasteiger partial charge in [-0.3, -0.25) is 14.4 Å². The lowest BCUT2D eigenvalue weighted by Gasteiger charge is -2.18. The molecule has 0 saturated heterocycles. The number of anilines is 1. The third-order valence-corrected chi connectivity index (χ3v) is 5.94. The van der Waals surface area contributed by atoms with Gasteiger partial charge in [0, 0.05) is 18.7 Å². The Morgan fingerprint density at radius 3 is 2.29 bits per heavy atom. The first-order valence-electron chi connectivity index (χ1n) is 10.7. The standard InChI is InChI=1S/C26H23N3O4S/c30-24(21(16-18-6-2-1-3-7-18)29-26(32)23-9-5-15-34-23)27-17-19-10-12-20(13-11-19)28-25(31)22-8-4-14-33-22/h1-15,21H,16-17H2,(H,27,30)(H,28,31)(H,29,32). The maximum Gasteiger partial charge on any atom is 0.291 e. The Balaban J connectivity index is 1.36. The van der Waals surface area contributed by atoms with Crippen LogP contribution in [0.15, 0.2) is 94.9 Å². The van der Waals surface area contributed by atoms with E-state index >= 15 is 0 Å². The van der Waals surface area contributed by atoms with Crippen LogP contribution in [-0.4, -0.2) is 23.8 Å². The quantitative estimate of drug-likeness (QED) is 0.338. The van der Waals surface area contributed by atoms with E-state index in [1.807, 2.05) is 47.8 Å². The molecule has 0 saturated carbocycles. The van der Waals surface area contributed by atoms with Gasteiger partial charge in [0.05, 0.1) is 11.1 Å². The zero-order valence-electron chi connectivity index (χ0n) is 18.2. The number of hydrogen-bond donors (Lipinski definition) is 3. The summed E-state index contributed by atoms with van der Waals surface area (Å²) in [6, 6.07) is 22.7. The average molecular weight is 474 g/mol. The zero-order valence-corrected chi connectivity index (χ0v) is 19.0. The highest BCUT2D eigenvalue weighted by molar-refractivity contribution is 7.12. The second kappa shape index (κ2) is 11.1. The van der Waals surface area contributed by atoms with Gasteiger partial charge in [-0.25, -0.2) is 0 Å². The summed E-state index contributed by atoms with van der Waals surface area (Å²) in [5, 5.41) is 10.3. The van der Waals surface area contributed by atoms with Crippen LogP contribution >= 0.6 is 11.3 Å². The predicted molar refractivity (Wildman–Crippen MR) is 131 cm³/mol. The molecule has 2 heterocycles. The smallest absolute Gasteiger partial charge is 0.291 e. The van der Waals surface area contributed by atoms with Crippen LogP contribution in [0.5, 0.6) is 0 Å². The molecule has 0 aliphatic rings. The van der Waals surface area contributed by atoms with Crippen LogP contribution in [0.3, 0.4) is 0 Å². The van der Waals surface area contributed by atoms with Crippen molar-refractivity contribution in [2.75, 3.05) is 5.32 Å². The van der Waals surface area contributed by atoms with Crippen LogP contribution in [0.4, 0.5) is 5.69 Å². The van der Waals surface area contributed by atoms with E-state index in [0.29, 0.717) is 17.0 Å². The Bertz CT molecular complexity index is 1220. The molecule has 0 radical (unpaired) electrons. The highest BCUT2D eigenvalue weighted by Gasteiger charge is 2.22. The highest BCUT2D eigenvalue weighted by Crippen LogP contribution is 2.13. The van der Waals surface area contributed by atoms with Crippen molar-refractivity contribution in [3.8, 4) is 0 Å². The lowest BCUT2D eigenvalue weighted by atomic mass is 10.0. The summed E-state index contributed by atoms with van der Waals surface area (Å²) in [6.07, 6.45) is 1.82. The van der Waals surface area contributed by atoms with Gasteiger partial charge in [-0.15, -0.1) is 11.3 Å². The van der Waals surface area contributed by atoms with Crippen molar-refractivity contribution < 1.29 is 18.8 Å². The number of rotatable bonds is 9. The summed E-state index contributed by atoms with van der Waals surface area (Å²) >= 11 is 1.33. The molecule has 1 atom stereocenters.